The van der Waals surface area contributed by atoms with Gasteiger partial charge in [0.2, 0.25) is 0 Å². The number of hydrogen-bond acceptors (Lipinski definition) is 3. The summed E-state index contributed by atoms with van der Waals surface area (Å²) in [5, 5.41) is 0. The van der Waals surface area contributed by atoms with Crippen LogP contribution >= 0.6 is 0 Å². The zero-order valence-electron chi connectivity index (χ0n) is 11.5. The predicted octanol–water partition coefficient (Wildman–Crippen LogP) is 2.45. The van der Waals surface area contributed by atoms with Crippen LogP contribution in [0.3, 0.4) is 0 Å². The lowest BCUT2D eigenvalue weighted by Crippen LogP contribution is -2.47. The molecule has 0 N–H and O–H groups in total. The number of halogens is 2. The van der Waals surface area contributed by atoms with E-state index in [2.05, 4.69) is 0 Å². The molecule has 1 fully saturated rings. The summed E-state index contributed by atoms with van der Waals surface area (Å²) >= 11 is 0. The number of Topliss-reactive ketones (excluding diaryl/α,β-unsaturated/α-hetero) is 2. The van der Waals surface area contributed by atoms with Crippen molar-refractivity contribution >= 4 is 11.6 Å². The van der Waals surface area contributed by atoms with Gasteiger partial charge in [0.15, 0.2) is 5.78 Å². The fraction of sp³-hybridized carbons (Fsp3) is 0.467. The molecule has 20 heavy (non-hydrogen) atoms. The van der Waals surface area contributed by atoms with Gasteiger partial charge in [0.25, 0.3) is 0 Å². The van der Waals surface area contributed by atoms with E-state index >= 15 is 0 Å². The van der Waals surface area contributed by atoms with E-state index in [9.17, 15) is 18.4 Å². The Hall–Kier alpha value is -1.62. The van der Waals surface area contributed by atoms with Crippen molar-refractivity contribution in [3.05, 3.63) is 35.4 Å². The molecule has 2 rings (SSSR count). The van der Waals surface area contributed by atoms with E-state index < -0.39 is 17.7 Å². The molecule has 1 saturated heterocycles. The molecular formula is C15H17F2NO2. The largest absolute Gasteiger partial charge is 0.299 e. The van der Waals surface area contributed by atoms with Gasteiger partial charge in [-0.25, -0.2) is 8.78 Å². The molecule has 108 valence electrons. The van der Waals surface area contributed by atoms with E-state index in [4.69, 9.17) is 0 Å². The minimum Gasteiger partial charge on any atom is -0.299 e. The van der Waals surface area contributed by atoms with E-state index in [0.29, 0.717) is 25.6 Å². The van der Waals surface area contributed by atoms with Gasteiger partial charge in [-0.3, -0.25) is 14.5 Å². The number of piperidine rings is 1. The highest BCUT2D eigenvalue weighted by Crippen LogP contribution is 2.19. The molecule has 5 heteroatoms. The zero-order valence-corrected chi connectivity index (χ0v) is 11.5. The Balaban J connectivity index is 2.14. The van der Waals surface area contributed by atoms with Gasteiger partial charge < -0.3 is 0 Å². The first-order valence-electron chi connectivity index (χ1n) is 6.66. The van der Waals surface area contributed by atoms with Gasteiger partial charge in [0.1, 0.15) is 17.4 Å². The van der Waals surface area contributed by atoms with Crippen molar-refractivity contribution in [1.29, 1.82) is 0 Å². The monoisotopic (exact) mass is 281 g/mol. The fourth-order valence-corrected chi connectivity index (χ4v) is 2.48. The van der Waals surface area contributed by atoms with Crippen molar-refractivity contribution in [3.8, 4) is 0 Å². The van der Waals surface area contributed by atoms with Crippen molar-refractivity contribution in [2.45, 2.75) is 26.3 Å². The normalized spacial score (nSPS) is 21.8. The molecule has 2 atom stereocenters. The average molecular weight is 281 g/mol. The molecule has 0 bridgehead atoms. The third kappa shape index (κ3) is 2.93. The minimum atomic E-state index is -0.844. The van der Waals surface area contributed by atoms with Crippen LogP contribution in [0.2, 0.25) is 0 Å². The Kier molecular flexibility index (Phi) is 4.28. The van der Waals surface area contributed by atoms with Gasteiger partial charge in [-0.1, -0.05) is 6.92 Å². The summed E-state index contributed by atoms with van der Waals surface area (Å²) in [7, 11) is 0. The first kappa shape index (κ1) is 14.8. The quantitative estimate of drug-likeness (QED) is 0.799. The summed E-state index contributed by atoms with van der Waals surface area (Å²) in [6, 6.07) is 2.43. The van der Waals surface area contributed by atoms with Gasteiger partial charge in [0, 0.05) is 31.5 Å². The molecule has 0 aliphatic carbocycles. The lowest BCUT2D eigenvalue weighted by molar-refractivity contribution is -0.125. The van der Waals surface area contributed by atoms with Crippen LogP contribution in [0.25, 0.3) is 0 Å². The first-order valence-corrected chi connectivity index (χ1v) is 6.66. The molecule has 0 spiro atoms. The molecule has 0 radical (unpaired) electrons. The second-order valence-electron chi connectivity index (χ2n) is 5.28. The Labute approximate surface area is 116 Å². The van der Waals surface area contributed by atoms with E-state index in [0.717, 1.165) is 6.07 Å². The van der Waals surface area contributed by atoms with Crippen LogP contribution in [0, 0.1) is 17.6 Å². The molecular weight excluding hydrogens is 264 g/mol. The molecule has 0 amide bonds. The van der Waals surface area contributed by atoms with Gasteiger partial charge >= 0.3 is 0 Å². The van der Waals surface area contributed by atoms with Crippen molar-refractivity contribution < 1.29 is 18.4 Å². The number of carbonyl (C=O) groups is 2. The van der Waals surface area contributed by atoms with Crippen LogP contribution in [0.4, 0.5) is 8.78 Å². The average Bonchev–Trinajstić information content (AvgIpc) is 2.40. The van der Waals surface area contributed by atoms with Crippen molar-refractivity contribution in [3.63, 3.8) is 0 Å². The number of carbonyl (C=O) groups excluding carboxylic acids is 2. The number of likely N-dealkylation sites (tertiary alicyclic amines) is 1. The number of benzene rings is 1. The van der Waals surface area contributed by atoms with E-state index in [1.54, 1.807) is 6.92 Å². The highest BCUT2D eigenvalue weighted by Gasteiger charge is 2.30. The van der Waals surface area contributed by atoms with Crippen LogP contribution in [-0.2, 0) is 4.79 Å². The second-order valence-corrected chi connectivity index (χ2v) is 5.28. The number of hydrogen-bond donors (Lipinski definition) is 0. The Morgan fingerprint density at radius 1 is 1.40 bits per heavy atom. The predicted molar refractivity (Wildman–Crippen MR) is 70.5 cm³/mol. The number of ketones is 2. The summed E-state index contributed by atoms with van der Waals surface area (Å²) in [5.74, 6) is -1.86. The minimum absolute atomic E-state index is 0.108. The topological polar surface area (TPSA) is 37.4 Å². The van der Waals surface area contributed by atoms with Crippen LogP contribution in [0.5, 0.6) is 0 Å². The summed E-state index contributed by atoms with van der Waals surface area (Å²) < 4.78 is 26.5. The van der Waals surface area contributed by atoms with Gasteiger partial charge in [-0.05, 0) is 19.1 Å². The maximum atomic E-state index is 13.6. The highest BCUT2D eigenvalue weighted by molar-refractivity contribution is 6.00. The van der Waals surface area contributed by atoms with E-state index in [-0.39, 0.29) is 23.0 Å². The van der Waals surface area contributed by atoms with Crippen LogP contribution in [0.1, 0.15) is 30.6 Å². The van der Waals surface area contributed by atoms with Gasteiger partial charge in [0.05, 0.1) is 11.6 Å². The van der Waals surface area contributed by atoms with Crippen molar-refractivity contribution in [1.82, 2.24) is 4.90 Å². The summed E-state index contributed by atoms with van der Waals surface area (Å²) in [5.41, 5.74) is -0.108. The molecule has 1 aromatic carbocycles. The molecule has 0 saturated carbocycles. The van der Waals surface area contributed by atoms with E-state index in [1.165, 1.54) is 6.07 Å². The fourth-order valence-electron chi connectivity index (χ4n) is 2.48. The third-order valence-electron chi connectivity index (χ3n) is 3.83. The van der Waals surface area contributed by atoms with Crippen LogP contribution < -0.4 is 0 Å². The molecule has 0 aromatic heterocycles. The Morgan fingerprint density at radius 2 is 2.10 bits per heavy atom. The third-order valence-corrected chi connectivity index (χ3v) is 3.83. The van der Waals surface area contributed by atoms with Gasteiger partial charge in [-0.15, -0.1) is 0 Å². The summed E-state index contributed by atoms with van der Waals surface area (Å²) in [6.07, 6.45) is 0.407. The molecule has 1 aromatic rings. The van der Waals surface area contributed by atoms with Crippen LogP contribution in [-0.4, -0.2) is 35.6 Å². The van der Waals surface area contributed by atoms with Crippen LogP contribution in [0.15, 0.2) is 18.2 Å². The lowest BCUT2D eigenvalue weighted by atomic mass is 9.95. The van der Waals surface area contributed by atoms with Crippen molar-refractivity contribution in [2.24, 2.45) is 5.92 Å². The number of nitrogens with zero attached hydrogens (tertiary/aromatic N) is 1. The maximum absolute atomic E-state index is 13.6. The standard InChI is InChI=1S/C15H17F2NO2/c1-9-8-18(6-5-14(9)19)10(2)15(20)12-4-3-11(16)7-13(12)17/h3-4,7,9-10H,5-6,8H2,1-2H3. The maximum Gasteiger partial charge on any atom is 0.182 e. The molecule has 2 unspecified atom stereocenters. The summed E-state index contributed by atoms with van der Waals surface area (Å²) in [6.45, 7) is 4.51. The first-order chi connectivity index (χ1) is 9.40. The SMILES string of the molecule is CC1CN(C(C)C(=O)c2ccc(F)cc2F)CCC1=O. The summed E-state index contributed by atoms with van der Waals surface area (Å²) in [4.78, 5) is 25.6. The molecule has 1 heterocycles. The molecule has 1 aliphatic heterocycles. The van der Waals surface area contributed by atoms with Gasteiger partial charge in [-0.2, -0.15) is 0 Å². The smallest absolute Gasteiger partial charge is 0.182 e. The Bertz CT molecular complexity index is 545. The molecule has 1 aliphatic rings. The van der Waals surface area contributed by atoms with E-state index in [1.807, 2.05) is 11.8 Å². The highest BCUT2D eigenvalue weighted by atomic mass is 19.1. The lowest BCUT2D eigenvalue weighted by Gasteiger charge is -2.34. The second kappa shape index (κ2) is 5.79. The molecule has 3 nitrogen and oxygen atoms in total. The van der Waals surface area contributed by atoms with Crippen molar-refractivity contribution in [2.75, 3.05) is 13.1 Å². The zero-order chi connectivity index (χ0) is 14.9. The Morgan fingerprint density at radius 3 is 2.70 bits per heavy atom. The number of rotatable bonds is 3.